The van der Waals surface area contributed by atoms with Gasteiger partial charge >= 0.3 is 0 Å². The topological polar surface area (TPSA) is 92.3 Å². The van der Waals surface area contributed by atoms with E-state index in [-0.39, 0.29) is 18.1 Å². The predicted octanol–water partition coefficient (Wildman–Crippen LogP) is 1.18. The molecule has 0 spiro atoms. The van der Waals surface area contributed by atoms with Crippen LogP contribution in [0, 0.1) is 13.8 Å². The van der Waals surface area contributed by atoms with Gasteiger partial charge in [-0.25, -0.2) is 8.42 Å². The molecule has 2 N–H and O–H groups in total. The number of carbonyl (C=O) groups excluding carboxylic acids is 2. The molecule has 0 aliphatic rings. The normalized spacial score (nSPS) is 12.5. The molecule has 1 aromatic rings. The molecule has 6 nitrogen and oxygen atoms in total. The Labute approximate surface area is 131 Å². The van der Waals surface area contributed by atoms with Gasteiger partial charge in [-0.3, -0.25) is 9.59 Å². The zero-order valence-electron chi connectivity index (χ0n) is 13.3. The highest BCUT2D eigenvalue weighted by Gasteiger charge is 2.22. The van der Waals surface area contributed by atoms with Crippen LogP contribution >= 0.6 is 0 Å². The van der Waals surface area contributed by atoms with Gasteiger partial charge < -0.3 is 10.6 Å². The molecule has 0 heterocycles. The highest BCUT2D eigenvalue weighted by Crippen LogP contribution is 2.19. The molecule has 0 aromatic heterocycles. The fourth-order valence-electron chi connectivity index (χ4n) is 2.07. The summed E-state index contributed by atoms with van der Waals surface area (Å²) >= 11 is 0. The maximum atomic E-state index is 12.3. The molecule has 0 saturated heterocycles. The zero-order chi connectivity index (χ0) is 16.9. The van der Waals surface area contributed by atoms with Crippen molar-refractivity contribution in [3.63, 3.8) is 0 Å². The van der Waals surface area contributed by atoms with E-state index < -0.39 is 21.8 Å². The maximum absolute atomic E-state index is 12.3. The smallest absolute Gasteiger partial charge is 0.246 e. The molecule has 0 aliphatic carbocycles. The van der Waals surface area contributed by atoms with Gasteiger partial charge in [0.15, 0.2) is 0 Å². The first-order chi connectivity index (χ1) is 10.1. The van der Waals surface area contributed by atoms with Crippen LogP contribution in [-0.4, -0.2) is 38.3 Å². The molecule has 1 aromatic carbocycles. The lowest BCUT2D eigenvalue weighted by atomic mass is 10.1. The number of para-hydroxylation sites is 1. The number of nitrogens with one attached hydrogen (secondary N) is 2. The third kappa shape index (κ3) is 5.85. The van der Waals surface area contributed by atoms with Gasteiger partial charge in [-0.05, 0) is 31.4 Å². The maximum Gasteiger partial charge on any atom is 0.246 e. The summed E-state index contributed by atoms with van der Waals surface area (Å²) in [7, 11) is -3.21. The van der Waals surface area contributed by atoms with E-state index in [0.29, 0.717) is 5.69 Å². The van der Waals surface area contributed by atoms with Crippen LogP contribution in [0.25, 0.3) is 0 Å². The molecule has 0 unspecified atom stereocenters. The molecule has 0 fully saturated rings. The third-order valence-corrected chi connectivity index (χ3v) is 4.18. The Hall–Kier alpha value is -1.89. The number of hydrogen-bond donors (Lipinski definition) is 2. The van der Waals surface area contributed by atoms with Gasteiger partial charge in [-0.15, -0.1) is 0 Å². The van der Waals surface area contributed by atoms with E-state index in [1.165, 1.54) is 6.92 Å². The lowest BCUT2D eigenvalue weighted by molar-refractivity contribution is -0.125. The van der Waals surface area contributed by atoms with Crippen LogP contribution in [0.3, 0.4) is 0 Å². The van der Waals surface area contributed by atoms with Gasteiger partial charge in [0.25, 0.3) is 0 Å². The molecule has 122 valence electrons. The van der Waals surface area contributed by atoms with Crippen molar-refractivity contribution in [3.8, 4) is 0 Å². The van der Waals surface area contributed by atoms with E-state index in [2.05, 4.69) is 10.6 Å². The second-order valence-corrected chi connectivity index (χ2v) is 7.69. The third-order valence-electron chi connectivity index (χ3n) is 3.20. The van der Waals surface area contributed by atoms with Crippen molar-refractivity contribution < 1.29 is 18.0 Å². The number of hydrogen-bond acceptors (Lipinski definition) is 4. The molecule has 2 amide bonds. The molecule has 1 rings (SSSR count). The fourth-order valence-corrected chi connectivity index (χ4v) is 2.73. The Kier molecular flexibility index (Phi) is 6.11. The van der Waals surface area contributed by atoms with Crippen LogP contribution in [0.1, 0.15) is 24.5 Å². The summed E-state index contributed by atoms with van der Waals surface area (Å²) in [6.45, 7) is 5.03. The van der Waals surface area contributed by atoms with Crippen molar-refractivity contribution in [3.05, 3.63) is 29.3 Å². The lowest BCUT2D eigenvalue weighted by Gasteiger charge is -2.19. The van der Waals surface area contributed by atoms with Crippen molar-refractivity contribution in [1.82, 2.24) is 5.32 Å². The summed E-state index contributed by atoms with van der Waals surface area (Å²) in [5.74, 6) is -0.968. The van der Waals surface area contributed by atoms with Crippen molar-refractivity contribution >= 4 is 27.3 Å². The summed E-state index contributed by atoms with van der Waals surface area (Å²) < 4.78 is 22.5. The number of sulfone groups is 1. The van der Waals surface area contributed by atoms with Crippen LogP contribution in [0.4, 0.5) is 5.69 Å². The highest BCUT2D eigenvalue weighted by molar-refractivity contribution is 7.90. The van der Waals surface area contributed by atoms with Gasteiger partial charge in [-0.1, -0.05) is 18.2 Å². The van der Waals surface area contributed by atoms with Crippen LogP contribution in [0.15, 0.2) is 18.2 Å². The molecule has 7 heteroatoms. The van der Waals surface area contributed by atoms with Gasteiger partial charge in [0.2, 0.25) is 11.8 Å². The van der Waals surface area contributed by atoms with Crippen LogP contribution in [-0.2, 0) is 19.4 Å². The minimum atomic E-state index is -3.21. The zero-order valence-corrected chi connectivity index (χ0v) is 14.1. The highest BCUT2D eigenvalue weighted by atomic mass is 32.2. The summed E-state index contributed by atoms with van der Waals surface area (Å²) in [6, 6.07) is 4.74. The quantitative estimate of drug-likeness (QED) is 0.821. The molecule has 0 bridgehead atoms. The number of aryl methyl sites for hydroxylation is 2. The number of rotatable bonds is 6. The molecule has 0 aliphatic heterocycles. The number of anilines is 1. The van der Waals surface area contributed by atoms with Crippen LogP contribution < -0.4 is 10.6 Å². The minimum Gasteiger partial charge on any atom is -0.345 e. The lowest BCUT2D eigenvalue weighted by Crippen LogP contribution is -2.44. The van der Waals surface area contributed by atoms with Crippen molar-refractivity contribution in [2.45, 2.75) is 33.2 Å². The molecular formula is C15H22N2O4S. The molecular weight excluding hydrogens is 304 g/mol. The number of benzene rings is 1. The van der Waals surface area contributed by atoms with E-state index in [1.807, 2.05) is 32.0 Å². The molecule has 0 saturated carbocycles. The van der Waals surface area contributed by atoms with Gasteiger partial charge in [0.1, 0.15) is 15.9 Å². The van der Waals surface area contributed by atoms with E-state index in [1.54, 1.807) is 0 Å². The molecule has 1 atom stereocenters. The summed E-state index contributed by atoms with van der Waals surface area (Å²) in [5, 5.41) is 5.27. The first-order valence-electron chi connectivity index (χ1n) is 6.92. The Balaban J connectivity index is 2.89. The van der Waals surface area contributed by atoms with Crippen LogP contribution in [0.5, 0.6) is 0 Å². The monoisotopic (exact) mass is 326 g/mol. The SMILES string of the molecule is CC(=O)N[C@H](CCS(C)(=O)=O)C(=O)Nc1c(C)cccc1C. The predicted molar refractivity (Wildman–Crippen MR) is 86.5 cm³/mol. The van der Waals surface area contributed by atoms with Crippen LogP contribution in [0.2, 0.25) is 0 Å². The summed E-state index contributed by atoms with van der Waals surface area (Å²) in [6.07, 6.45) is 1.14. The average molecular weight is 326 g/mol. The van der Waals surface area contributed by atoms with E-state index in [0.717, 1.165) is 17.4 Å². The average Bonchev–Trinajstić information content (AvgIpc) is 2.37. The van der Waals surface area contributed by atoms with Crippen molar-refractivity contribution in [2.24, 2.45) is 0 Å². The van der Waals surface area contributed by atoms with Crippen molar-refractivity contribution in [2.75, 3.05) is 17.3 Å². The molecule has 0 radical (unpaired) electrons. The van der Waals surface area contributed by atoms with Gasteiger partial charge in [-0.2, -0.15) is 0 Å². The standard InChI is InChI=1S/C15H22N2O4S/c1-10-6-5-7-11(2)14(10)17-15(19)13(16-12(3)18)8-9-22(4,20)21/h5-7,13H,8-9H2,1-4H3,(H,16,18)(H,17,19)/t13-/m1/s1. The van der Waals surface area contributed by atoms with Crippen molar-refractivity contribution in [1.29, 1.82) is 0 Å². The summed E-state index contributed by atoms with van der Waals surface area (Å²) in [4.78, 5) is 23.6. The fraction of sp³-hybridized carbons (Fsp3) is 0.467. The van der Waals surface area contributed by atoms with E-state index >= 15 is 0 Å². The van der Waals surface area contributed by atoms with Gasteiger partial charge in [0.05, 0.1) is 5.75 Å². The minimum absolute atomic E-state index is 0.0369. The number of amides is 2. The first-order valence-corrected chi connectivity index (χ1v) is 8.98. The Bertz CT molecular complexity index is 648. The van der Waals surface area contributed by atoms with Gasteiger partial charge in [0, 0.05) is 18.9 Å². The largest absolute Gasteiger partial charge is 0.345 e. The van der Waals surface area contributed by atoms with E-state index in [4.69, 9.17) is 0 Å². The number of carbonyl (C=O) groups is 2. The Morgan fingerprint density at radius 3 is 2.18 bits per heavy atom. The Morgan fingerprint density at radius 2 is 1.73 bits per heavy atom. The first kappa shape index (κ1) is 18.2. The Morgan fingerprint density at radius 1 is 1.18 bits per heavy atom. The second-order valence-electron chi connectivity index (χ2n) is 5.43. The molecule has 22 heavy (non-hydrogen) atoms. The second kappa shape index (κ2) is 7.40. The summed E-state index contributed by atoms with van der Waals surface area (Å²) in [5.41, 5.74) is 2.48. The van der Waals surface area contributed by atoms with E-state index in [9.17, 15) is 18.0 Å².